The van der Waals surface area contributed by atoms with Gasteiger partial charge in [0, 0.05) is 36.6 Å². The molecule has 0 radical (unpaired) electrons. The van der Waals surface area contributed by atoms with Crippen LogP contribution in [0.1, 0.15) is 58.8 Å². The number of carbonyl (C=O) groups excluding carboxylic acids is 1. The van der Waals surface area contributed by atoms with Crippen LogP contribution >= 0.6 is 11.8 Å². The molecule has 0 aromatic carbocycles. The molecule has 0 saturated heterocycles. The summed E-state index contributed by atoms with van der Waals surface area (Å²) in [5.41, 5.74) is 1.01. The summed E-state index contributed by atoms with van der Waals surface area (Å²) in [5, 5.41) is 9.66. The van der Waals surface area contributed by atoms with E-state index >= 15 is 0 Å². The molecule has 4 rings (SSSR count). The number of pyridine rings is 1. The summed E-state index contributed by atoms with van der Waals surface area (Å²) in [6.45, 7) is 5.32. The van der Waals surface area contributed by atoms with Crippen LogP contribution in [0, 0.1) is 5.92 Å². The first-order valence-electron chi connectivity index (χ1n) is 10.9. The summed E-state index contributed by atoms with van der Waals surface area (Å²) in [4.78, 5) is 19.5. The highest BCUT2D eigenvalue weighted by Crippen LogP contribution is 2.36. The van der Waals surface area contributed by atoms with Gasteiger partial charge >= 0.3 is 0 Å². The van der Waals surface area contributed by atoms with E-state index in [9.17, 15) is 4.79 Å². The molecule has 29 heavy (non-hydrogen) atoms. The average molecular weight is 414 g/mol. The summed E-state index contributed by atoms with van der Waals surface area (Å²) in [7, 11) is 0. The molecule has 0 bridgehead atoms. The van der Waals surface area contributed by atoms with Gasteiger partial charge in [-0.3, -0.25) is 9.78 Å². The van der Waals surface area contributed by atoms with E-state index < -0.39 is 0 Å². The lowest BCUT2D eigenvalue weighted by Gasteiger charge is -2.36. The monoisotopic (exact) mass is 413 g/mol. The van der Waals surface area contributed by atoms with Gasteiger partial charge in [0.2, 0.25) is 5.91 Å². The van der Waals surface area contributed by atoms with Gasteiger partial charge in [0.1, 0.15) is 0 Å². The molecule has 2 aliphatic rings. The number of hydrogen-bond donors (Lipinski definition) is 0. The molecular formula is C22H31N5OS. The van der Waals surface area contributed by atoms with Crippen LogP contribution < -0.4 is 0 Å². The van der Waals surface area contributed by atoms with Crippen molar-refractivity contribution in [3.63, 3.8) is 0 Å². The van der Waals surface area contributed by atoms with Crippen molar-refractivity contribution >= 4 is 17.7 Å². The second kappa shape index (κ2) is 9.28. The molecule has 0 spiro atoms. The first-order chi connectivity index (χ1) is 14.2. The minimum Gasteiger partial charge on any atom is -0.336 e. The normalized spacial score (nSPS) is 21.9. The van der Waals surface area contributed by atoms with Crippen molar-refractivity contribution in [2.45, 2.75) is 82.6 Å². The van der Waals surface area contributed by atoms with E-state index in [1.807, 2.05) is 12.1 Å². The fraction of sp³-hybridized carbons (Fsp3) is 0.636. The fourth-order valence-corrected chi connectivity index (χ4v) is 5.15. The Bertz CT molecular complexity index is 812. The topological polar surface area (TPSA) is 63.9 Å². The van der Waals surface area contributed by atoms with Gasteiger partial charge in [-0.25, -0.2) is 0 Å². The largest absolute Gasteiger partial charge is 0.336 e. The maximum atomic E-state index is 13.2. The van der Waals surface area contributed by atoms with Crippen molar-refractivity contribution in [2.75, 3.05) is 5.75 Å². The van der Waals surface area contributed by atoms with E-state index in [1.165, 1.54) is 37.4 Å². The van der Waals surface area contributed by atoms with Crippen molar-refractivity contribution in [1.29, 1.82) is 0 Å². The van der Waals surface area contributed by atoms with E-state index in [0.29, 0.717) is 17.8 Å². The Morgan fingerprint density at radius 1 is 1.10 bits per heavy atom. The van der Waals surface area contributed by atoms with E-state index in [1.54, 1.807) is 12.4 Å². The Hall–Kier alpha value is -1.89. The molecule has 0 atom stereocenters. The third-order valence-corrected chi connectivity index (χ3v) is 6.99. The zero-order valence-electron chi connectivity index (χ0n) is 17.5. The Labute approximate surface area is 177 Å². The smallest absolute Gasteiger partial charge is 0.233 e. The molecule has 1 amide bonds. The van der Waals surface area contributed by atoms with E-state index in [2.05, 4.69) is 38.5 Å². The number of hydrogen-bond acceptors (Lipinski definition) is 5. The van der Waals surface area contributed by atoms with Gasteiger partial charge in [0.15, 0.2) is 11.0 Å². The lowest BCUT2D eigenvalue weighted by molar-refractivity contribution is -0.132. The number of aromatic nitrogens is 4. The van der Waals surface area contributed by atoms with Crippen LogP contribution in [0.5, 0.6) is 0 Å². The summed E-state index contributed by atoms with van der Waals surface area (Å²) < 4.78 is 2.14. The maximum Gasteiger partial charge on any atom is 0.233 e. The second-order valence-corrected chi connectivity index (χ2v) is 9.37. The third kappa shape index (κ3) is 4.82. The molecule has 2 fully saturated rings. The quantitative estimate of drug-likeness (QED) is 0.600. The van der Waals surface area contributed by atoms with Gasteiger partial charge in [0.05, 0.1) is 5.75 Å². The van der Waals surface area contributed by atoms with Crippen LogP contribution in [0.3, 0.4) is 0 Å². The van der Waals surface area contributed by atoms with Crippen molar-refractivity contribution in [3.8, 4) is 11.4 Å². The standard InChI is InChI=1S/C22H31N5OS/c1-3-14-26-21(17-10-12-23-13-11-17)24-25-22(26)29-15-20(28)27(19-8-9-19)18-6-4-16(2)5-7-18/h10-13,16,18-19H,3-9,14-15H2,1-2H3. The molecular weight excluding hydrogens is 382 g/mol. The van der Waals surface area contributed by atoms with Crippen molar-refractivity contribution in [2.24, 2.45) is 5.92 Å². The van der Waals surface area contributed by atoms with Crippen LogP contribution in [0.15, 0.2) is 29.7 Å². The highest BCUT2D eigenvalue weighted by atomic mass is 32.2. The summed E-state index contributed by atoms with van der Waals surface area (Å²) in [6.07, 6.45) is 11.7. The first-order valence-corrected chi connectivity index (χ1v) is 11.9. The minimum absolute atomic E-state index is 0.272. The van der Waals surface area contributed by atoms with E-state index in [0.717, 1.165) is 48.3 Å². The zero-order valence-corrected chi connectivity index (χ0v) is 18.3. The predicted molar refractivity (Wildman–Crippen MR) is 116 cm³/mol. The molecule has 0 unspecified atom stereocenters. The molecule has 0 N–H and O–H groups in total. The third-order valence-electron chi connectivity index (χ3n) is 6.03. The zero-order chi connectivity index (χ0) is 20.2. The van der Waals surface area contributed by atoms with Crippen LogP contribution in [0.2, 0.25) is 0 Å². The summed E-state index contributed by atoms with van der Waals surface area (Å²) >= 11 is 1.53. The summed E-state index contributed by atoms with van der Waals surface area (Å²) in [5.74, 6) is 2.37. The van der Waals surface area contributed by atoms with Crippen LogP contribution in [0.25, 0.3) is 11.4 Å². The average Bonchev–Trinajstić information content (AvgIpc) is 3.49. The Morgan fingerprint density at radius 2 is 1.76 bits per heavy atom. The maximum absolute atomic E-state index is 13.2. The second-order valence-electron chi connectivity index (χ2n) is 8.43. The Morgan fingerprint density at radius 3 is 2.38 bits per heavy atom. The molecule has 2 aliphatic carbocycles. The number of amides is 1. The molecule has 2 aromatic heterocycles. The summed E-state index contributed by atoms with van der Waals surface area (Å²) in [6, 6.07) is 4.82. The molecule has 7 heteroatoms. The molecule has 6 nitrogen and oxygen atoms in total. The highest BCUT2D eigenvalue weighted by molar-refractivity contribution is 7.99. The molecule has 156 valence electrons. The molecule has 2 heterocycles. The van der Waals surface area contributed by atoms with Gasteiger partial charge in [-0.05, 0) is 63.0 Å². The van der Waals surface area contributed by atoms with Gasteiger partial charge in [-0.15, -0.1) is 10.2 Å². The Balaban J connectivity index is 1.45. The highest BCUT2D eigenvalue weighted by Gasteiger charge is 2.38. The number of nitrogens with zero attached hydrogens (tertiary/aromatic N) is 5. The van der Waals surface area contributed by atoms with E-state index in [-0.39, 0.29) is 5.91 Å². The number of carbonyl (C=O) groups is 1. The Kier molecular flexibility index (Phi) is 6.53. The van der Waals surface area contributed by atoms with Gasteiger partial charge in [0.25, 0.3) is 0 Å². The SMILES string of the molecule is CCCn1c(SCC(=O)N(C2CCC(C)CC2)C2CC2)nnc1-c1ccncc1. The van der Waals surface area contributed by atoms with E-state index in [4.69, 9.17) is 0 Å². The van der Waals surface area contributed by atoms with Gasteiger partial charge < -0.3 is 9.47 Å². The minimum atomic E-state index is 0.272. The number of rotatable bonds is 8. The molecule has 2 saturated carbocycles. The van der Waals surface area contributed by atoms with Crippen molar-refractivity contribution < 1.29 is 4.79 Å². The van der Waals surface area contributed by atoms with Crippen LogP contribution in [0.4, 0.5) is 0 Å². The lowest BCUT2D eigenvalue weighted by atomic mass is 9.86. The lowest BCUT2D eigenvalue weighted by Crippen LogP contribution is -2.44. The van der Waals surface area contributed by atoms with Crippen molar-refractivity contribution in [3.05, 3.63) is 24.5 Å². The first kappa shape index (κ1) is 20.4. The fourth-order valence-electron chi connectivity index (χ4n) is 4.31. The predicted octanol–water partition coefficient (Wildman–Crippen LogP) is 4.41. The van der Waals surface area contributed by atoms with Gasteiger partial charge in [-0.1, -0.05) is 25.6 Å². The number of thioether (sulfide) groups is 1. The van der Waals surface area contributed by atoms with Gasteiger partial charge in [-0.2, -0.15) is 0 Å². The molecule has 2 aromatic rings. The van der Waals surface area contributed by atoms with Crippen LogP contribution in [-0.4, -0.2) is 48.4 Å². The van der Waals surface area contributed by atoms with Crippen LogP contribution in [-0.2, 0) is 11.3 Å². The van der Waals surface area contributed by atoms with Crippen molar-refractivity contribution in [1.82, 2.24) is 24.6 Å². The molecule has 0 aliphatic heterocycles.